The van der Waals surface area contributed by atoms with E-state index in [1.165, 1.54) is 12.8 Å². The van der Waals surface area contributed by atoms with Crippen LogP contribution >= 0.6 is 0 Å². The lowest BCUT2D eigenvalue weighted by Crippen LogP contribution is -2.22. The van der Waals surface area contributed by atoms with E-state index in [0.717, 1.165) is 59.9 Å². The molecule has 1 fully saturated rings. The molecule has 1 aliphatic rings. The second-order valence-electron chi connectivity index (χ2n) is 7.19. The molecule has 7 heteroatoms. The Kier molecular flexibility index (Phi) is 5.50. The van der Waals surface area contributed by atoms with E-state index in [9.17, 15) is 4.79 Å². The smallest absolute Gasteiger partial charge is 0.225 e. The minimum atomic E-state index is 0.0956. The highest BCUT2D eigenvalue weighted by atomic mass is 16.1. The summed E-state index contributed by atoms with van der Waals surface area (Å²) in [5, 5.41) is 2.82. The van der Waals surface area contributed by atoms with Crippen molar-refractivity contribution in [2.45, 2.75) is 39.0 Å². The van der Waals surface area contributed by atoms with Gasteiger partial charge in [0.2, 0.25) is 11.9 Å². The molecular formula is C21H26N6O. The Balaban J connectivity index is 1.44. The van der Waals surface area contributed by atoms with E-state index in [4.69, 9.17) is 0 Å². The Morgan fingerprint density at radius 3 is 2.71 bits per heavy atom. The number of aromatic amines is 1. The summed E-state index contributed by atoms with van der Waals surface area (Å²) < 4.78 is 0. The normalized spacial score (nSPS) is 14.0. The lowest BCUT2D eigenvalue weighted by Gasteiger charge is -2.14. The number of carbonyl (C=O) groups is 1. The number of H-pyrrole nitrogens is 1. The fourth-order valence-corrected chi connectivity index (χ4v) is 3.61. The molecule has 3 heterocycles. The first-order chi connectivity index (χ1) is 13.7. The summed E-state index contributed by atoms with van der Waals surface area (Å²) in [7, 11) is 0. The number of nitrogens with one attached hydrogen (secondary N) is 2. The van der Waals surface area contributed by atoms with Gasteiger partial charge in [-0.3, -0.25) is 4.79 Å². The van der Waals surface area contributed by atoms with Gasteiger partial charge >= 0.3 is 0 Å². The van der Waals surface area contributed by atoms with Crippen LogP contribution < -0.4 is 10.2 Å². The first-order valence-electron chi connectivity index (χ1n) is 10.1. The highest BCUT2D eigenvalue weighted by molar-refractivity contribution is 5.81. The van der Waals surface area contributed by atoms with Crippen LogP contribution in [-0.4, -0.2) is 45.5 Å². The van der Waals surface area contributed by atoms with Crippen LogP contribution in [0.5, 0.6) is 0 Å². The SMILES string of the molecule is CCNC(=O)CCCc1nc2ccc(-c3cnc(N4CCCC4)nc3)cc2[nH]1. The summed E-state index contributed by atoms with van der Waals surface area (Å²) >= 11 is 0. The number of hydrogen-bond acceptors (Lipinski definition) is 5. The van der Waals surface area contributed by atoms with Crippen molar-refractivity contribution in [3.8, 4) is 11.1 Å². The molecule has 0 bridgehead atoms. The molecule has 0 spiro atoms. The van der Waals surface area contributed by atoms with E-state index in [0.29, 0.717) is 13.0 Å². The lowest BCUT2D eigenvalue weighted by molar-refractivity contribution is -0.121. The molecule has 1 saturated heterocycles. The highest BCUT2D eigenvalue weighted by Crippen LogP contribution is 2.24. The number of rotatable bonds is 7. The molecule has 28 heavy (non-hydrogen) atoms. The third-order valence-electron chi connectivity index (χ3n) is 5.08. The van der Waals surface area contributed by atoms with Crippen molar-refractivity contribution in [2.24, 2.45) is 0 Å². The second kappa shape index (κ2) is 8.37. The Morgan fingerprint density at radius 2 is 1.96 bits per heavy atom. The third-order valence-corrected chi connectivity index (χ3v) is 5.08. The minimum Gasteiger partial charge on any atom is -0.356 e. The van der Waals surface area contributed by atoms with Crippen LogP contribution in [0.15, 0.2) is 30.6 Å². The molecule has 0 unspecified atom stereocenters. The number of anilines is 1. The monoisotopic (exact) mass is 378 g/mol. The maximum absolute atomic E-state index is 11.6. The van der Waals surface area contributed by atoms with Gasteiger partial charge in [0.05, 0.1) is 11.0 Å². The van der Waals surface area contributed by atoms with Crippen molar-refractivity contribution in [3.05, 3.63) is 36.4 Å². The summed E-state index contributed by atoms with van der Waals surface area (Å²) in [6.45, 7) is 4.69. The number of hydrogen-bond donors (Lipinski definition) is 2. The van der Waals surface area contributed by atoms with Crippen molar-refractivity contribution < 1.29 is 4.79 Å². The van der Waals surface area contributed by atoms with Crippen LogP contribution in [0.1, 0.15) is 38.4 Å². The van der Waals surface area contributed by atoms with Crippen LogP contribution in [0.2, 0.25) is 0 Å². The van der Waals surface area contributed by atoms with Crippen molar-refractivity contribution in [3.63, 3.8) is 0 Å². The second-order valence-corrected chi connectivity index (χ2v) is 7.19. The Morgan fingerprint density at radius 1 is 1.18 bits per heavy atom. The molecule has 1 amide bonds. The Bertz CT molecular complexity index is 943. The maximum atomic E-state index is 11.6. The number of imidazole rings is 1. The summed E-state index contributed by atoms with van der Waals surface area (Å²) in [4.78, 5) is 30.9. The quantitative estimate of drug-likeness (QED) is 0.660. The molecule has 0 radical (unpaired) electrons. The number of aromatic nitrogens is 4. The number of carbonyl (C=O) groups excluding carboxylic acids is 1. The Hall–Kier alpha value is -2.96. The number of amides is 1. The minimum absolute atomic E-state index is 0.0956. The summed E-state index contributed by atoms with van der Waals surface area (Å²) in [5.74, 6) is 1.83. The van der Waals surface area contributed by atoms with Crippen molar-refractivity contribution >= 4 is 22.9 Å². The zero-order valence-electron chi connectivity index (χ0n) is 16.2. The van der Waals surface area contributed by atoms with Gasteiger partial charge in [0.15, 0.2) is 0 Å². The van der Waals surface area contributed by atoms with Gasteiger partial charge in [0, 0.05) is 50.4 Å². The summed E-state index contributed by atoms with van der Waals surface area (Å²) in [5.41, 5.74) is 4.00. The molecule has 2 aromatic heterocycles. The van der Waals surface area contributed by atoms with Gasteiger partial charge in [0.1, 0.15) is 5.82 Å². The predicted molar refractivity (Wildman–Crippen MR) is 110 cm³/mol. The third kappa shape index (κ3) is 4.13. The van der Waals surface area contributed by atoms with Crippen LogP contribution in [0.3, 0.4) is 0 Å². The molecule has 0 saturated carbocycles. The molecule has 2 N–H and O–H groups in total. The van der Waals surface area contributed by atoms with Gasteiger partial charge in [0.25, 0.3) is 0 Å². The summed E-state index contributed by atoms with van der Waals surface area (Å²) in [6.07, 6.45) is 8.28. The molecule has 1 aliphatic heterocycles. The van der Waals surface area contributed by atoms with Gasteiger partial charge in [-0.2, -0.15) is 0 Å². The standard InChI is InChI=1S/C21H26N6O/c1-2-22-20(28)7-5-6-19-25-17-9-8-15(12-18(17)26-19)16-13-23-21(24-14-16)27-10-3-4-11-27/h8-9,12-14H,2-7,10-11H2,1H3,(H,22,28)(H,25,26). The van der Waals surface area contributed by atoms with Crippen LogP contribution in [0, 0.1) is 0 Å². The molecule has 0 aliphatic carbocycles. The van der Waals surface area contributed by atoms with Crippen LogP contribution in [-0.2, 0) is 11.2 Å². The first kappa shape index (κ1) is 18.4. The first-order valence-corrected chi connectivity index (χ1v) is 10.1. The van der Waals surface area contributed by atoms with Gasteiger partial charge < -0.3 is 15.2 Å². The topological polar surface area (TPSA) is 86.8 Å². The maximum Gasteiger partial charge on any atom is 0.225 e. The lowest BCUT2D eigenvalue weighted by atomic mass is 10.1. The molecular weight excluding hydrogens is 352 g/mol. The van der Waals surface area contributed by atoms with E-state index >= 15 is 0 Å². The zero-order valence-corrected chi connectivity index (χ0v) is 16.2. The number of nitrogens with zero attached hydrogens (tertiary/aromatic N) is 4. The molecule has 146 valence electrons. The fraction of sp³-hybridized carbons (Fsp3) is 0.429. The van der Waals surface area contributed by atoms with E-state index in [1.807, 2.05) is 25.4 Å². The van der Waals surface area contributed by atoms with Crippen LogP contribution in [0.4, 0.5) is 5.95 Å². The largest absolute Gasteiger partial charge is 0.356 e. The van der Waals surface area contributed by atoms with Crippen molar-refractivity contribution in [1.82, 2.24) is 25.3 Å². The average Bonchev–Trinajstić information content (AvgIpc) is 3.37. The Labute approximate surface area is 164 Å². The summed E-state index contributed by atoms with van der Waals surface area (Å²) in [6, 6.07) is 6.16. The van der Waals surface area contributed by atoms with E-state index in [1.54, 1.807) is 0 Å². The van der Waals surface area contributed by atoms with E-state index in [2.05, 4.69) is 42.3 Å². The highest BCUT2D eigenvalue weighted by Gasteiger charge is 2.14. The number of fused-ring (bicyclic) bond motifs is 1. The number of aryl methyl sites for hydroxylation is 1. The van der Waals surface area contributed by atoms with Crippen LogP contribution in [0.25, 0.3) is 22.2 Å². The fourth-order valence-electron chi connectivity index (χ4n) is 3.61. The van der Waals surface area contributed by atoms with Gasteiger partial charge in [-0.1, -0.05) is 6.07 Å². The molecule has 3 aromatic rings. The van der Waals surface area contributed by atoms with E-state index in [-0.39, 0.29) is 5.91 Å². The molecule has 1 aromatic carbocycles. The molecule has 7 nitrogen and oxygen atoms in total. The van der Waals surface area contributed by atoms with Crippen molar-refractivity contribution in [2.75, 3.05) is 24.5 Å². The van der Waals surface area contributed by atoms with Crippen molar-refractivity contribution in [1.29, 1.82) is 0 Å². The van der Waals surface area contributed by atoms with E-state index < -0.39 is 0 Å². The molecule has 4 rings (SSSR count). The zero-order chi connectivity index (χ0) is 19.3. The van der Waals surface area contributed by atoms with Gasteiger partial charge in [-0.25, -0.2) is 15.0 Å². The number of benzene rings is 1. The van der Waals surface area contributed by atoms with Gasteiger partial charge in [-0.15, -0.1) is 0 Å². The predicted octanol–water partition coefficient (Wildman–Crippen LogP) is 3.08. The average molecular weight is 378 g/mol. The van der Waals surface area contributed by atoms with Gasteiger partial charge in [-0.05, 0) is 43.9 Å². The molecule has 0 atom stereocenters.